The summed E-state index contributed by atoms with van der Waals surface area (Å²) in [7, 11) is 0. The van der Waals surface area contributed by atoms with Gasteiger partial charge in [-0.1, -0.05) is 29.8 Å². The smallest absolute Gasteiger partial charge is 0.333 e. The Labute approximate surface area is 203 Å². The van der Waals surface area contributed by atoms with Crippen LogP contribution in [0.15, 0.2) is 61.1 Å². The zero-order valence-corrected chi connectivity index (χ0v) is 19.2. The number of nitrogens with zero attached hydrogens (tertiary/aromatic N) is 7. The first-order chi connectivity index (χ1) is 16.9. The molecule has 12 heteroatoms. The van der Waals surface area contributed by atoms with E-state index in [0.717, 1.165) is 16.9 Å². The lowest BCUT2D eigenvalue weighted by Crippen LogP contribution is -2.18. The van der Waals surface area contributed by atoms with Crippen molar-refractivity contribution in [1.82, 2.24) is 34.1 Å². The molecule has 1 aromatic carbocycles. The van der Waals surface area contributed by atoms with Crippen LogP contribution in [0.2, 0.25) is 5.02 Å². The summed E-state index contributed by atoms with van der Waals surface area (Å²) >= 11 is 6.35. The molecule has 178 valence electrons. The van der Waals surface area contributed by atoms with Crippen LogP contribution in [0.5, 0.6) is 0 Å². The summed E-state index contributed by atoms with van der Waals surface area (Å²) in [6, 6.07) is 12.0. The van der Waals surface area contributed by atoms with Crippen molar-refractivity contribution in [3.63, 3.8) is 0 Å². The van der Waals surface area contributed by atoms with Crippen molar-refractivity contribution < 1.29 is 8.78 Å². The average molecular weight is 496 g/mol. The number of fused-ring (bicyclic) bond motifs is 1. The van der Waals surface area contributed by atoms with Gasteiger partial charge < -0.3 is 15.5 Å². The molecule has 0 radical (unpaired) electrons. The van der Waals surface area contributed by atoms with E-state index in [1.54, 1.807) is 12.3 Å². The minimum atomic E-state index is -2.76. The van der Waals surface area contributed by atoms with Gasteiger partial charge in [-0.25, -0.2) is 9.67 Å². The number of hydrogen-bond donors (Lipinski definition) is 2. The highest BCUT2D eigenvalue weighted by atomic mass is 35.5. The van der Waals surface area contributed by atoms with Crippen LogP contribution in [0.1, 0.15) is 29.7 Å². The summed E-state index contributed by atoms with van der Waals surface area (Å²) in [6.07, 6.45) is 5.20. The Kier molecular flexibility index (Phi) is 6.00. The molecule has 4 aromatic heterocycles. The second-order valence-corrected chi connectivity index (χ2v) is 8.26. The number of hydrogen-bond acceptors (Lipinski definition) is 7. The van der Waals surface area contributed by atoms with E-state index < -0.39 is 12.6 Å². The molecule has 0 saturated heterocycles. The highest BCUT2D eigenvalue weighted by Crippen LogP contribution is 2.27. The number of imidazole rings is 1. The van der Waals surface area contributed by atoms with Crippen LogP contribution in [0.3, 0.4) is 0 Å². The van der Waals surface area contributed by atoms with Gasteiger partial charge in [0.25, 0.3) is 0 Å². The molecule has 3 N–H and O–H groups in total. The zero-order chi connectivity index (χ0) is 24.5. The first kappa shape index (κ1) is 22.7. The summed E-state index contributed by atoms with van der Waals surface area (Å²) in [4.78, 5) is 17.3. The average Bonchev–Trinajstić information content (AvgIpc) is 3.47. The molecule has 5 aromatic rings. The van der Waals surface area contributed by atoms with Crippen molar-refractivity contribution >= 4 is 29.0 Å². The third-order valence-corrected chi connectivity index (χ3v) is 5.86. The minimum Gasteiger partial charge on any atom is -0.368 e. The molecule has 0 aliphatic carbocycles. The fourth-order valence-corrected chi connectivity index (χ4v) is 3.97. The lowest BCUT2D eigenvalue weighted by Gasteiger charge is -2.18. The molecule has 1 unspecified atom stereocenters. The Morgan fingerprint density at radius 3 is 2.69 bits per heavy atom. The molecule has 0 amide bonds. The molecule has 0 fully saturated rings. The minimum absolute atomic E-state index is 0.00885. The molecule has 1 atom stereocenters. The van der Waals surface area contributed by atoms with Crippen LogP contribution in [0.25, 0.3) is 16.9 Å². The second kappa shape index (κ2) is 9.26. The molecule has 0 aliphatic heterocycles. The number of aryl methyl sites for hydroxylation is 1. The standard InChI is InChI=1S/C23H20ClF2N9/c1-13-28-11-16-7-6-15(12-34(13)16)20-30-22(27)32-23(31-20)29-19(10-14-4-2-3-5-17(14)24)18-8-9-35(33-18)21(25)26/h2-9,11-12,19,21H,10H2,1H3,(H3,27,29,30,31,32). The van der Waals surface area contributed by atoms with Crippen LogP contribution in [0, 0.1) is 6.92 Å². The topological polar surface area (TPSA) is 112 Å². The van der Waals surface area contributed by atoms with Crippen molar-refractivity contribution in [3.05, 3.63) is 83.2 Å². The summed E-state index contributed by atoms with van der Waals surface area (Å²) in [5.74, 6) is 1.36. The molecule has 0 spiro atoms. The van der Waals surface area contributed by atoms with E-state index in [1.807, 2.05) is 47.9 Å². The van der Waals surface area contributed by atoms with Gasteiger partial charge in [0, 0.05) is 23.0 Å². The normalized spacial score (nSPS) is 12.4. The molecule has 0 aliphatic rings. The van der Waals surface area contributed by atoms with Crippen molar-refractivity contribution in [2.24, 2.45) is 0 Å². The van der Waals surface area contributed by atoms with Gasteiger partial charge in [-0.2, -0.15) is 28.8 Å². The van der Waals surface area contributed by atoms with E-state index in [1.165, 1.54) is 12.3 Å². The van der Waals surface area contributed by atoms with Crippen LogP contribution in [0.4, 0.5) is 20.7 Å². The van der Waals surface area contributed by atoms with Gasteiger partial charge in [-0.15, -0.1) is 0 Å². The first-order valence-corrected chi connectivity index (χ1v) is 11.0. The maximum Gasteiger partial charge on any atom is 0.333 e. The summed E-state index contributed by atoms with van der Waals surface area (Å²) in [5, 5.41) is 7.75. The monoisotopic (exact) mass is 495 g/mol. The van der Waals surface area contributed by atoms with Crippen LogP contribution in [-0.2, 0) is 6.42 Å². The van der Waals surface area contributed by atoms with Crippen molar-refractivity contribution in [3.8, 4) is 11.4 Å². The zero-order valence-electron chi connectivity index (χ0n) is 18.5. The quantitative estimate of drug-likeness (QED) is 0.336. The van der Waals surface area contributed by atoms with Gasteiger partial charge in [0.15, 0.2) is 5.82 Å². The molecule has 5 rings (SSSR count). The van der Waals surface area contributed by atoms with E-state index in [2.05, 4.69) is 30.4 Å². The van der Waals surface area contributed by atoms with E-state index in [4.69, 9.17) is 17.3 Å². The number of nitrogens with one attached hydrogen (secondary N) is 1. The maximum atomic E-state index is 13.2. The second-order valence-electron chi connectivity index (χ2n) is 7.85. The number of nitrogen functional groups attached to an aromatic ring is 1. The van der Waals surface area contributed by atoms with Gasteiger partial charge in [0.2, 0.25) is 11.9 Å². The van der Waals surface area contributed by atoms with Crippen molar-refractivity contribution in [2.75, 3.05) is 11.1 Å². The van der Waals surface area contributed by atoms with Crippen LogP contribution < -0.4 is 11.1 Å². The molecular weight excluding hydrogens is 476 g/mol. The van der Waals surface area contributed by atoms with E-state index in [9.17, 15) is 8.78 Å². The summed E-state index contributed by atoms with van der Waals surface area (Å²) < 4.78 is 28.9. The van der Waals surface area contributed by atoms with Crippen molar-refractivity contribution in [2.45, 2.75) is 25.9 Å². The fourth-order valence-electron chi connectivity index (χ4n) is 3.75. The Morgan fingerprint density at radius 1 is 1.09 bits per heavy atom. The number of alkyl halides is 2. The van der Waals surface area contributed by atoms with Gasteiger partial charge in [-0.3, -0.25) is 0 Å². The Balaban J connectivity index is 1.51. The van der Waals surface area contributed by atoms with Gasteiger partial charge in [0.1, 0.15) is 5.82 Å². The Bertz CT molecular complexity index is 1500. The van der Waals surface area contributed by atoms with Crippen LogP contribution in [-0.4, -0.2) is 34.1 Å². The lowest BCUT2D eigenvalue weighted by atomic mass is 10.0. The number of nitrogens with two attached hydrogens (primary N) is 1. The predicted octanol–water partition coefficient (Wildman–Crippen LogP) is 4.72. The third kappa shape index (κ3) is 4.76. The largest absolute Gasteiger partial charge is 0.368 e. The van der Waals surface area contributed by atoms with Gasteiger partial charge >= 0.3 is 6.55 Å². The molecule has 4 heterocycles. The van der Waals surface area contributed by atoms with Gasteiger partial charge in [0.05, 0.1) is 23.4 Å². The number of rotatable bonds is 7. The molecule has 0 bridgehead atoms. The van der Waals surface area contributed by atoms with E-state index >= 15 is 0 Å². The SMILES string of the molecule is Cc1ncc2ccc(-c3nc(N)nc(NC(Cc4ccccc4Cl)c4ccn(C(F)F)n4)n3)cn12. The number of benzene rings is 1. The first-order valence-electron chi connectivity index (χ1n) is 10.7. The molecule has 9 nitrogen and oxygen atoms in total. The highest BCUT2D eigenvalue weighted by Gasteiger charge is 2.21. The van der Waals surface area contributed by atoms with E-state index in [-0.39, 0.29) is 11.9 Å². The number of halogens is 3. The van der Waals surface area contributed by atoms with Crippen molar-refractivity contribution in [1.29, 1.82) is 0 Å². The van der Waals surface area contributed by atoms with E-state index in [0.29, 0.717) is 33.2 Å². The summed E-state index contributed by atoms with van der Waals surface area (Å²) in [6.45, 7) is -0.866. The Morgan fingerprint density at radius 2 is 1.91 bits per heavy atom. The number of aromatic nitrogens is 7. The van der Waals surface area contributed by atoms with Gasteiger partial charge in [-0.05, 0) is 43.2 Å². The predicted molar refractivity (Wildman–Crippen MR) is 128 cm³/mol. The fraction of sp³-hybridized carbons (Fsp3) is 0.174. The molecule has 35 heavy (non-hydrogen) atoms. The maximum absolute atomic E-state index is 13.2. The summed E-state index contributed by atoms with van der Waals surface area (Å²) in [5.41, 5.74) is 8.82. The number of pyridine rings is 1. The third-order valence-electron chi connectivity index (χ3n) is 5.49. The lowest BCUT2D eigenvalue weighted by molar-refractivity contribution is 0.0561. The highest BCUT2D eigenvalue weighted by molar-refractivity contribution is 6.31. The molecular formula is C23H20ClF2N9. The molecule has 0 saturated carbocycles. The van der Waals surface area contributed by atoms with Crippen LogP contribution >= 0.6 is 11.6 Å². The number of anilines is 2. The Hall–Kier alpha value is -4.12.